The quantitative estimate of drug-likeness (QED) is 0.372. The molecule has 6 heavy (non-hydrogen) atoms. The van der Waals surface area contributed by atoms with Gasteiger partial charge in [-0.1, -0.05) is 0 Å². The average Bonchev–Trinajstić information content (AvgIpc) is 2.12. The highest BCUT2D eigenvalue weighted by atomic mass is 35.5. The molecular weight excluding hydrogens is 120 g/mol. The number of rotatable bonds is 1. The van der Waals surface area contributed by atoms with Crippen LogP contribution in [0.4, 0.5) is 0 Å². The molecule has 0 bridgehead atoms. The summed E-state index contributed by atoms with van der Waals surface area (Å²) in [4.78, 5) is 0. The van der Waals surface area contributed by atoms with E-state index in [1.54, 1.807) is 0 Å². The summed E-state index contributed by atoms with van der Waals surface area (Å²) in [5.74, 6) is 2.15. The molecule has 0 aliphatic carbocycles. The van der Waals surface area contributed by atoms with Gasteiger partial charge in [0.2, 0.25) is 0 Å². The van der Waals surface area contributed by atoms with Crippen LogP contribution in [0.2, 0.25) is 0 Å². The third-order valence-electron chi connectivity index (χ3n) is 0.574. The van der Waals surface area contributed by atoms with Gasteiger partial charge in [0.1, 0.15) is 0 Å². The van der Waals surface area contributed by atoms with E-state index >= 15 is 0 Å². The fraction of sp³-hybridized carbons (Fsp3) is 1.00. The van der Waals surface area contributed by atoms with E-state index in [2.05, 4.69) is 0 Å². The Morgan fingerprint density at radius 3 is 2.33 bits per heavy atom. The molecule has 0 aromatic heterocycles. The maximum Gasteiger partial charge on any atom is 0.0350 e. The van der Waals surface area contributed by atoms with Crippen molar-refractivity contribution in [1.82, 2.24) is 0 Å². The molecule has 1 fully saturated rings. The predicted molar refractivity (Wildman–Crippen MR) is 30.6 cm³/mol. The second kappa shape index (κ2) is 2.72. The Bertz CT molecular complexity index is 37.8. The molecule has 3 heteroatoms. The lowest BCUT2D eigenvalue weighted by atomic mass is 10.6. The Labute approximate surface area is 46.4 Å². The lowest BCUT2D eigenvalue weighted by Crippen LogP contribution is -1.77. The maximum atomic E-state index is 5.38. The zero-order valence-corrected chi connectivity index (χ0v) is 4.85. The lowest BCUT2D eigenvalue weighted by molar-refractivity contribution is 0.824. The van der Waals surface area contributed by atoms with Gasteiger partial charge in [0, 0.05) is 16.9 Å². The van der Waals surface area contributed by atoms with Crippen molar-refractivity contribution in [2.24, 2.45) is 0 Å². The van der Waals surface area contributed by atoms with Crippen LogP contribution >= 0.6 is 23.4 Å². The summed E-state index contributed by atoms with van der Waals surface area (Å²) < 4.78 is 0. The molecule has 1 aliphatic heterocycles. The molecule has 1 atom stereocenters. The third-order valence-corrected chi connectivity index (χ3v) is 2.10. The Kier molecular flexibility index (Phi) is 2.99. The van der Waals surface area contributed by atoms with E-state index in [0.717, 1.165) is 11.1 Å². The average molecular weight is 127 g/mol. The normalized spacial score (nSPS) is 28.5. The SMILES string of the molecule is ClCC1CS1.O. The molecule has 0 spiro atoms. The van der Waals surface area contributed by atoms with Crippen molar-refractivity contribution < 1.29 is 5.48 Å². The summed E-state index contributed by atoms with van der Waals surface area (Å²) in [7, 11) is 0. The van der Waals surface area contributed by atoms with Crippen molar-refractivity contribution in [3.63, 3.8) is 0 Å². The van der Waals surface area contributed by atoms with Crippen molar-refractivity contribution in [3.8, 4) is 0 Å². The van der Waals surface area contributed by atoms with Crippen LogP contribution in [0.15, 0.2) is 0 Å². The molecule has 1 aliphatic rings. The van der Waals surface area contributed by atoms with Gasteiger partial charge in [0.15, 0.2) is 0 Å². The summed E-state index contributed by atoms with van der Waals surface area (Å²) in [6.07, 6.45) is 0. The Morgan fingerprint density at radius 2 is 2.33 bits per heavy atom. The van der Waals surface area contributed by atoms with Crippen LogP contribution in [0.5, 0.6) is 0 Å². The predicted octanol–water partition coefficient (Wildman–Crippen LogP) is 0.516. The number of hydrogen-bond donors (Lipinski definition) is 0. The zero-order valence-electron chi connectivity index (χ0n) is 3.28. The first-order chi connectivity index (χ1) is 2.43. The first kappa shape index (κ1) is 6.60. The molecule has 2 N–H and O–H groups in total. The van der Waals surface area contributed by atoms with Crippen LogP contribution in [0.25, 0.3) is 0 Å². The van der Waals surface area contributed by atoms with E-state index in [9.17, 15) is 0 Å². The molecule has 38 valence electrons. The van der Waals surface area contributed by atoms with Gasteiger partial charge in [0.05, 0.1) is 0 Å². The van der Waals surface area contributed by atoms with E-state index < -0.39 is 0 Å². The topological polar surface area (TPSA) is 31.5 Å². The number of halogens is 1. The summed E-state index contributed by atoms with van der Waals surface area (Å²) >= 11 is 7.31. The maximum absolute atomic E-state index is 5.38. The van der Waals surface area contributed by atoms with Crippen molar-refractivity contribution in [3.05, 3.63) is 0 Å². The molecule has 1 saturated heterocycles. The standard InChI is InChI=1S/C3H5ClS.H2O/c4-1-3-2-5-3;/h3H,1-2H2;1H2. The van der Waals surface area contributed by atoms with Crippen LogP contribution in [-0.4, -0.2) is 22.4 Å². The summed E-state index contributed by atoms with van der Waals surface area (Å²) in [6, 6.07) is 0. The van der Waals surface area contributed by atoms with E-state index in [4.69, 9.17) is 11.6 Å². The Morgan fingerprint density at radius 1 is 1.83 bits per heavy atom. The van der Waals surface area contributed by atoms with Crippen molar-refractivity contribution in [1.29, 1.82) is 0 Å². The van der Waals surface area contributed by atoms with E-state index in [1.807, 2.05) is 11.8 Å². The van der Waals surface area contributed by atoms with Gasteiger partial charge in [0.25, 0.3) is 0 Å². The van der Waals surface area contributed by atoms with Crippen molar-refractivity contribution in [2.45, 2.75) is 5.25 Å². The number of hydrogen-bond acceptors (Lipinski definition) is 1. The minimum absolute atomic E-state index is 0. The highest BCUT2D eigenvalue weighted by Gasteiger charge is 2.19. The van der Waals surface area contributed by atoms with Gasteiger partial charge < -0.3 is 5.48 Å². The molecular formula is C3H7ClOS. The fourth-order valence-corrected chi connectivity index (χ4v) is 1.01. The molecule has 0 aromatic rings. The fourth-order valence-electron chi connectivity index (χ4n) is 0.157. The summed E-state index contributed by atoms with van der Waals surface area (Å²) in [5.41, 5.74) is 0. The largest absolute Gasteiger partial charge is 0.412 e. The van der Waals surface area contributed by atoms with Crippen LogP contribution < -0.4 is 0 Å². The minimum Gasteiger partial charge on any atom is -0.412 e. The Balaban J connectivity index is 0.000000250. The molecule has 1 heterocycles. The summed E-state index contributed by atoms with van der Waals surface area (Å²) in [6.45, 7) is 0. The van der Waals surface area contributed by atoms with Gasteiger partial charge in [-0.2, -0.15) is 11.8 Å². The molecule has 0 aromatic carbocycles. The van der Waals surface area contributed by atoms with Crippen LogP contribution in [0.3, 0.4) is 0 Å². The summed E-state index contributed by atoms with van der Waals surface area (Å²) in [5, 5.41) is 0.816. The number of alkyl halides is 1. The molecule has 0 saturated carbocycles. The molecule has 1 unspecified atom stereocenters. The number of thioether (sulfide) groups is 1. The third kappa shape index (κ3) is 1.90. The van der Waals surface area contributed by atoms with Crippen molar-refractivity contribution >= 4 is 23.4 Å². The van der Waals surface area contributed by atoms with Crippen LogP contribution in [-0.2, 0) is 0 Å². The smallest absolute Gasteiger partial charge is 0.0350 e. The lowest BCUT2D eigenvalue weighted by Gasteiger charge is -1.68. The highest BCUT2D eigenvalue weighted by molar-refractivity contribution is 8.07. The van der Waals surface area contributed by atoms with Gasteiger partial charge >= 0.3 is 0 Å². The van der Waals surface area contributed by atoms with Crippen LogP contribution in [0.1, 0.15) is 0 Å². The second-order valence-electron chi connectivity index (χ2n) is 1.11. The van der Waals surface area contributed by atoms with E-state index in [0.29, 0.717) is 0 Å². The first-order valence-electron chi connectivity index (χ1n) is 1.61. The highest BCUT2D eigenvalue weighted by Crippen LogP contribution is 2.30. The van der Waals surface area contributed by atoms with Gasteiger partial charge in [-0.15, -0.1) is 11.6 Å². The minimum atomic E-state index is 0. The van der Waals surface area contributed by atoms with E-state index in [1.165, 1.54) is 5.75 Å². The molecule has 1 rings (SSSR count). The second-order valence-corrected chi connectivity index (χ2v) is 2.75. The van der Waals surface area contributed by atoms with Crippen molar-refractivity contribution in [2.75, 3.05) is 11.6 Å². The molecule has 0 amide bonds. The van der Waals surface area contributed by atoms with E-state index in [-0.39, 0.29) is 5.48 Å². The van der Waals surface area contributed by atoms with Gasteiger partial charge in [-0.3, -0.25) is 0 Å². The zero-order chi connectivity index (χ0) is 3.70. The Hall–Kier alpha value is 0.600. The van der Waals surface area contributed by atoms with Gasteiger partial charge in [-0.05, 0) is 0 Å². The molecule has 0 radical (unpaired) electrons. The van der Waals surface area contributed by atoms with Crippen LogP contribution in [0, 0.1) is 0 Å². The monoisotopic (exact) mass is 126 g/mol. The molecule has 1 nitrogen and oxygen atoms in total. The first-order valence-corrected chi connectivity index (χ1v) is 3.19. The van der Waals surface area contributed by atoms with Gasteiger partial charge in [-0.25, -0.2) is 0 Å².